The molecule has 6 nitrogen and oxygen atoms in total. The number of amides is 4. The number of carbonyl (C=O) groups excluding carboxylic acids is 3. The molecule has 1 saturated heterocycles. The van der Waals surface area contributed by atoms with E-state index in [4.69, 9.17) is 0 Å². The third-order valence-corrected chi connectivity index (χ3v) is 4.40. The van der Waals surface area contributed by atoms with Crippen LogP contribution in [0.15, 0.2) is 24.3 Å². The SMILES string of the molecule is CC1N(C)c2ccccc2CC12C(=O)NC(=O)NC2=O. The number of para-hydroxylation sites is 1. The fourth-order valence-electron chi connectivity index (χ4n) is 3.10. The Kier molecular flexibility index (Phi) is 2.57. The van der Waals surface area contributed by atoms with Crippen molar-refractivity contribution in [3.05, 3.63) is 29.8 Å². The molecule has 1 spiro atoms. The van der Waals surface area contributed by atoms with Crippen LogP contribution < -0.4 is 15.5 Å². The second-order valence-corrected chi connectivity index (χ2v) is 5.30. The van der Waals surface area contributed by atoms with E-state index in [9.17, 15) is 14.4 Å². The number of hydrogen-bond donors (Lipinski definition) is 2. The summed E-state index contributed by atoms with van der Waals surface area (Å²) in [6, 6.07) is 6.56. The molecule has 2 N–H and O–H groups in total. The Balaban J connectivity index is 2.13. The molecule has 0 bridgehead atoms. The predicted molar refractivity (Wildman–Crippen MR) is 72.1 cm³/mol. The van der Waals surface area contributed by atoms with Crippen LogP contribution in [0.3, 0.4) is 0 Å². The van der Waals surface area contributed by atoms with Crippen LogP contribution in [0.5, 0.6) is 0 Å². The van der Waals surface area contributed by atoms with Crippen LogP contribution in [-0.4, -0.2) is 30.9 Å². The summed E-state index contributed by atoms with van der Waals surface area (Å²) in [6.45, 7) is 1.82. The van der Waals surface area contributed by atoms with Gasteiger partial charge in [-0.2, -0.15) is 0 Å². The molecule has 3 rings (SSSR count). The maximum atomic E-state index is 12.3. The Morgan fingerprint density at radius 1 is 1.15 bits per heavy atom. The summed E-state index contributed by atoms with van der Waals surface area (Å²) in [5.74, 6) is -1.06. The lowest BCUT2D eigenvalue weighted by molar-refractivity contribution is -0.146. The van der Waals surface area contributed by atoms with Crippen molar-refractivity contribution < 1.29 is 14.4 Å². The van der Waals surface area contributed by atoms with Gasteiger partial charge in [-0.25, -0.2) is 4.79 Å². The molecule has 0 radical (unpaired) electrons. The van der Waals surface area contributed by atoms with Gasteiger partial charge in [-0.1, -0.05) is 18.2 Å². The first kappa shape index (κ1) is 12.7. The lowest BCUT2D eigenvalue weighted by atomic mass is 9.69. The van der Waals surface area contributed by atoms with Gasteiger partial charge >= 0.3 is 6.03 Å². The molecule has 1 aromatic carbocycles. The van der Waals surface area contributed by atoms with E-state index in [0.717, 1.165) is 11.3 Å². The maximum absolute atomic E-state index is 12.3. The van der Waals surface area contributed by atoms with Crippen molar-refractivity contribution in [2.75, 3.05) is 11.9 Å². The third kappa shape index (κ3) is 1.47. The zero-order valence-corrected chi connectivity index (χ0v) is 11.3. The van der Waals surface area contributed by atoms with E-state index in [1.807, 2.05) is 43.1 Å². The Labute approximate surface area is 116 Å². The van der Waals surface area contributed by atoms with Crippen molar-refractivity contribution in [3.63, 3.8) is 0 Å². The Morgan fingerprint density at radius 3 is 2.40 bits per heavy atom. The number of urea groups is 1. The number of nitrogens with one attached hydrogen (secondary N) is 2. The lowest BCUT2D eigenvalue weighted by Gasteiger charge is -2.47. The van der Waals surface area contributed by atoms with Gasteiger partial charge in [0.25, 0.3) is 0 Å². The predicted octanol–water partition coefficient (Wildman–Crippen LogP) is 0.420. The van der Waals surface area contributed by atoms with Gasteiger partial charge in [0, 0.05) is 18.8 Å². The van der Waals surface area contributed by atoms with Crippen LogP contribution in [0, 0.1) is 5.41 Å². The number of fused-ring (bicyclic) bond motifs is 1. The van der Waals surface area contributed by atoms with Crippen LogP contribution >= 0.6 is 0 Å². The molecule has 20 heavy (non-hydrogen) atoms. The largest absolute Gasteiger partial charge is 0.370 e. The number of nitrogens with zero attached hydrogens (tertiary/aromatic N) is 1. The van der Waals surface area contributed by atoms with E-state index >= 15 is 0 Å². The summed E-state index contributed by atoms with van der Waals surface area (Å²) in [6.07, 6.45) is 0.291. The topological polar surface area (TPSA) is 78.5 Å². The summed E-state index contributed by atoms with van der Waals surface area (Å²) in [5, 5.41) is 4.43. The molecule has 1 aromatic rings. The first-order valence-electron chi connectivity index (χ1n) is 6.44. The molecule has 1 fully saturated rings. The highest BCUT2D eigenvalue weighted by Gasteiger charge is 2.57. The molecule has 1 unspecified atom stereocenters. The zero-order valence-electron chi connectivity index (χ0n) is 11.3. The van der Waals surface area contributed by atoms with Crippen LogP contribution in [0.4, 0.5) is 10.5 Å². The van der Waals surface area contributed by atoms with Gasteiger partial charge in [-0.15, -0.1) is 0 Å². The minimum absolute atomic E-state index is 0.291. The number of rotatable bonds is 0. The van der Waals surface area contributed by atoms with Crippen LogP contribution in [0.2, 0.25) is 0 Å². The van der Waals surface area contributed by atoms with Crippen molar-refractivity contribution in [3.8, 4) is 0 Å². The number of carbonyl (C=O) groups is 3. The standard InChI is InChI=1S/C14H15N3O3/c1-8-14(11(18)15-13(20)16-12(14)19)7-9-5-3-4-6-10(9)17(8)2/h3-6,8H,7H2,1-2H3,(H2,15,16,18,19,20). The minimum atomic E-state index is -1.27. The number of hydrogen-bond acceptors (Lipinski definition) is 4. The van der Waals surface area contributed by atoms with Gasteiger partial charge < -0.3 is 4.90 Å². The summed E-state index contributed by atoms with van der Waals surface area (Å²) >= 11 is 0. The van der Waals surface area contributed by atoms with E-state index < -0.39 is 23.3 Å². The Morgan fingerprint density at radius 2 is 1.75 bits per heavy atom. The normalized spacial score (nSPS) is 24.2. The smallest absolute Gasteiger partial charge is 0.328 e. The second kappa shape index (κ2) is 4.06. The third-order valence-electron chi connectivity index (χ3n) is 4.40. The van der Waals surface area contributed by atoms with Gasteiger partial charge in [0.05, 0.1) is 0 Å². The van der Waals surface area contributed by atoms with Crippen molar-refractivity contribution in [2.45, 2.75) is 19.4 Å². The molecular weight excluding hydrogens is 258 g/mol. The molecule has 0 aliphatic carbocycles. The van der Waals surface area contributed by atoms with E-state index in [-0.39, 0.29) is 6.04 Å². The monoisotopic (exact) mass is 273 g/mol. The lowest BCUT2D eigenvalue weighted by Crippen LogP contribution is -2.70. The maximum Gasteiger partial charge on any atom is 0.328 e. The fraction of sp³-hybridized carbons (Fsp3) is 0.357. The van der Waals surface area contributed by atoms with E-state index in [2.05, 4.69) is 10.6 Å². The molecule has 6 heteroatoms. The second-order valence-electron chi connectivity index (χ2n) is 5.30. The van der Waals surface area contributed by atoms with Gasteiger partial charge in [0.15, 0.2) is 5.41 Å². The van der Waals surface area contributed by atoms with Crippen molar-refractivity contribution >= 4 is 23.5 Å². The van der Waals surface area contributed by atoms with E-state index in [1.54, 1.807) is 0 Å². The van der Waals surface area contributed by atoms with Crippen molar-refractivity contribution in [2.24, 2.45) is 5.41 Å². The molecule has 1 atom stereocenters. The summed E-state index contributed by atoms with van der Waals surface area (Å²) < 4.78 is 0. The van der Waals surface area contributed by atoms with Gasteiger partial charge in [0.2, 0.25) is 11.8 Å². The molecule has 4 amide bonds. The van der Waals surface area contributed by atoms with Crippen molar-refractivity contribution in [1.29, 1.82) is 0 Å². The minimum Gasteiger partial charge on any atom is -0.370 e. The molecule has 0 aromatic heterocycles. The zero-order chi connectivity index (χ0) is 14.5. The molecule has 2 heterocycles. The summed E-state index contributed by atoms with van der Waals surface area (Å²) in [7, 11) is 1.85. The Bertz CT molecular complexity index is 606. The van der Waals surface area contributed by atoms with E-state index in [1.165, 1.54) is 0 Å². The summed E-state index contributed by atoms with van der Waals surface area (Å²) in [5.41, 5.74) is 0.660. The molecule has 2 aliphatic heterocycles. The highest BCUT2D eigenvalue weighted by Crippen LogP contribution is 2.41. The van der Waals surface area contributed by atoms with Crippen LogP contribution in [0.25, 0.3) is 0 Å². The first-order valence-corrected chi connectivity index (χ1v) is 6.44. The summed E-state index contributed by atoms with van der Waals surface area (Å²) in [4.78, 5) is 37.9. The van der Waals surface area contributed by atoms with Gasteiger partial charge in [0.1, 0.15) is 0 Å². The van der Waals surface area contributed by atoms with Crippen molar-refractivity contribution in [1.82, 2.24) is 10.6 Å². The fourth-order valence-corrected chi connectivity index (χ4v) is 3.10. The number of benzene rings is 1. The molecule has 104 valence electrons. The van der Waals surface area contributed by atoms with Crippen LogP contribution in [0.1, 0.15) is 12.5 Å². The highest BCUT2D eigenvalue weighted by molar-refractivity contribution is 6.20. The quantitative estimate of drug-likeness (QED) is 0.671. The molecule has 0 saturated carbocycles. The number of anilines is 1. The number of imide groups is 2. The average molecular weight is 273 g/mol. The molecule has 2 aliphatic rings. The molecular formula is C14H15N3O3. The Hall–Kier alpha value is -2.37. The first-order chi connectivity index (χ1) is 9.46. The van der Waals surface area contributed by atoms with E-state index in [0.29, 0.717) is 6.42 Å². The number of barbiturate groups is 1. The van der Waals surface area contributed by atoms with Gasteiger partial charge in [-0.3, -0.25) is 20.2 Å². The van der Waals surface area contributed by atoms with Crippen LogP contribution in [-0.2, 0) is 16.0 Å². The highest BCUT2D eigenvalue weighted by atomic mass is 16.2. The average Bonchev–Trinajstić information content (AvgIpc) is 2.41. The van der Waals surface area contributed by atoms with Gasteiger partial charge in [-0.05, 0) is 25.0 Å².